The van der Waals surface area contributed by atoms with E-state index in [1.54, 1.807) is 12.1 Å². The highest BCUT2D eigenvalue weighted by atomic mass is 16.2. The zero-order valence-corrected chi connectivity index (χ0v) is 21.6. The number of fused-ring (bicyclic) bond motifs is 1. The average Bonchev–Trinajstić information content (AvgIpc) is 3.19. The van der Waals surface area contributed by atoms with Crippen LogP contribution in [0.3, 0.4) is 0 Å². The maximum absolute atomic E-state index is 13.1. The molecule has 1 atom stereocenters. The lowest BCUT2D eigenvalue weighted by Gasteiger charge is -2.37. The quantitative estimate of drug-likeness (QED) is 0.596. The normalized spacial score (nSPS) is 23.6. The van der Waals surface area contributed by atoms with Crippen molar-refractivity contribution in [2.75, 3.05) is 26.2 Å². The first-order valence-corrected chi connectivity index (χ1v) is 13.9. The number of carbonyl (C=O) groups excluding carboxylic acids is 4. The summed E-state index contributed by atoms with van der Waals surface area (Å²) in [6, 6.07) is 12.7. The molecule has 1 unspecified atom stereocenters. The Balaban J connectivity index is 1.10. The summed E-state index contributed by atoms with van der Waals surface area (Å²) >= 11 is 0. The highest BCUT2D eigenvalue weighted by molar-refractivity contribution is 6.23. The van der Waals surface area contributed by atoms with Crippen LogP contribution >= 0.6 is 0 Å². The SMILES string of the molecule is O=C1CCC(N2C(=O)c3ccc(-c4ccc(CN5CCC(C6CCNCC6)CC5)cc4)cc3C2=O)C(=O)N1. The zero-order chi connectivity index (χ0) is 26.2. The van der Waals surface area contributed by atoms with E-state index >= 15 is 0 Å². The Morgan fingerprint density at radius 3 is 2.11 bits per heavy atom. The van der Waals surface area contributed by atoms with Crippen LogP contribution in [0, 0.1) is 11.8 Å². The third-order valence-corrected chi connectivity index (χ3v) is 8.82. The molecule has 0 aromatic heterocycles. The number of likely N-dealkylation sites (tertiary alicyclic amines) is 1. The summed E-state index contributed by atoms with van der Waals surface area (Å²) in [5.41, 5.74) is 3.70. The Hall–Kier alpha value is -3.36. The van der Waals surface area contributed by atoms with Crippen molar-refractivity contribution in [1.82, 2.24) is 20.4 Å². The van der Waals surface area contributed by atoms with Gasteiger partial charge in [0.2, 0.25) is 11.8 Å². The molecule has 198 valence electrons. The van der Waals surface area contributed by atoms with Gasteiger partial charge < -0.3 is 5.32 Å². The minimum absolute atomic E-state index is 0.109. The van der Waals surface area contributed by atoms with Gasteiger partial charge in [-0.1, -0.05) is 30.3 Å². The van der Waals surface area contributed by atoms with Crippen LogP contribution in [0.15, 0.2) is 42.5 Å². The van der Waals surface area contributed by atoms with Gasteiger partial charge in [0.25, 0.3) is 11.8 Å². The molecule has 6 rings (SSSR count). The topological polar surface area (TPSA) is 98.8 Å². The molecule has 8 nitrogen and oxygen atoms in total. The first-order valence-electron chi connectivity index (χ1n) is 13.9. The van der Waals surface area contributed by atoms with Gasteiger partial charge in [-0.05, 0) is 98.9 Å². The smallest absolute Gasteiger partial charge is 0.262 e. The molecule has 3 saturated heterocycles. The van der Waals surface area contributed by atoms with Crippen molar-refractivity contribution in [3.63, 3.8) is 0 Å². The van der Waals surface area contributed by atoms with Gasteiger partial charge in [0.05, 0.1) is 11.1 Å². The molecule has 4 aliphatic rings. The first-order chi connectivity index (χ1) is 18.5. The standard InChI is InChI=1S/C30H34N4O4/c35-27-8-7-26(28(36)32-27)34-29(37)24-6-5-23(17-25(24)30(34)38)20-3-1-19(2-4-20)18-33-15-11-22(12-16-33)21-9-13-31-14-10-21/h1-6,17,21-22,26,31H,7-16,18H2,(H,32,35,36). The van der Waals surface area contributed by atoms with E-state index in [-0.39, 0.29) is 18.7 Å². The van der Waals surface area contributed by atoms with Gasteiger partial charge in [-0.15, -0.1) is 0 Å². The molecule has 3 fully saturated rings. The molecule has 8 heteroatoms. The van der Waals surface area contributed by atoms with E-state index in [1.807, 2.05) is 6.07 Å². The lowest BCUT2D eigenvalue weighted by Crippen LogP contribution is -2.54. The Labute approximate surface area is 222 Å². The fourth-order valence-electron chi connectivity index (χ4n) is 6.61. The van der Waals surface area contributed by atoms with Gasteiger partial charge >= 0.3 is 0 Å². The van der Waals surface area contributed by atoms with Gasteiger partial charge in [-0.3, -0.25) is 34.3 Å². The second-order valence-corrected chi connectivity index (χ2v) is 11.1. The summed E-state index contributed by atoms with van der Waals surface area (Å²) in [4.78, 5) is 53.5. The van der Waals surface area contributed by atoms with Crippen LogP contribution in [0.2, 0.25) is 0 Å². The summed E-state index contributed by atoms with van der Waals surface area (Å²) in [6.45, 7) is 5.59. The number of nitrogens with one attached hydrogen (secondary N) is 2. The summed E-state index contributed by atoms with van der Waals surface area (Å²) in [7, 11) is 0. The molecule has 4 aliphatic heterocycles. The van der Waals surface area contributed by atoms with E-state index in [1.165, 1.54) is 44.3 Å². The van der Waals surface area contributed by atoms with Crippen LogP contribution in [-0.2, 0) is 16.1 Å². The molecular weight excluding hydrogens is 480 g/mol. The monoisotopic (exact) mass is 514 g/mol. The van der Waals surface area contributed by atoms with Gasteiger partial charge in [-0.2, -0.15) is 0 Å². The number of nitrogens with zero attached hydrogens (tertiary/aromatic N) is 2. The Kier molecular flexibility index (Phi) is 6.84. The number of hydrogen-bond donors (Lipinski definition) is 2. The average molecular weight is 515 g/mol. The lowest BCUT2D eigenvalue weighted by atomic mass is 9.79. The number of hydrogen-bond acceptors (Lipinski definition) is 6. The van der Waals surface area contributed by atoms with E-state index in [0.717, 1.165) is 47.5 Å². The number of amides is 4. The van der Waals surface area contributed by atoms with Crippen LogP contribution in [0.4, 0.5) is 0 Å². The van der Waals surface area contributed by atoms with Crippen LogP contribution in [0.25, 0.3) is 11.1 Å². The molecule has 2 N–H and O–H groups in total. The summed E-state index contributed by atoms with van der Waals surface area (Å²) in [6.07, 6.45) is 5.49. The van der Waals surface area contributed by atoms with E-state index < -0.39 is 23.8 Å². The predicted octanol–water partition coefficient (Wildman–Crippen LogP) is 2.97. The van der Waals surface area contributed by atoms with Crippen molar-refractivity contribution in [1.29, 1.82) is 0 Å². The van der Waals surface area contributed by atoms with Crippen LogP contribution in [0.1, 0.15) is 64.8 Å². The van der Waals surface area contributed by atoms with E-state index in [2.05, 4.69) is 39.8 Å². The Morgan fingerprint density at radius 1 is 0.737 bits per heavy atom. The fraction of sp³-hybridized carbons (Fsp3) is 0.467. The minimum atomic E-state index is -0.951. The second kappa shape index (κ2) is 10.4. The van der Waals surface area contributed by atoms with Crippen molar-refractivity contribution in [2.24, 2.45) is 11.8 Å². The molecule has 38 heavy (non-hydrogen) atoms. The number of imide groups is 2. The molecule has 0 aliphatic carbocycles. The molecule has 2 aromatic rings. The first kappa shape index (κ1) is 24.9. The summed E-state index contributed by atoms with van der Waals surface area (Å²) < 4.78 is 0. The predicted molar refractivity (Wildman–Crippen MR) is 142 cm³/mol. The van der Waals surface area contributed by atoms with Gasteiger partial charge in [0, 0.05) is 13.0 Å². The second-order valence-electron chi connectivity index (χ2n) is 11.1. The summed E-state index contributed by atoms with van der Waals surface area (Å²) in [5, 5.41) is 5.71. The van der Waals surface area contributed by atoms with Crippen molar-refractivity contribution >= 4 is 23.6 Å². The van der Waals surface area contributed by atoms with Crippen molar-refractivity contribution in [2.45, 2.75) is 51.1 Å². The van der Waals surface area contributed by atoms with E-state index in [4.69, 9.17) is 0 Å². The molecule has 0 spiro atoms. The maximum Gasteiger partial charge on any atom is 0.262 e. The van der Waals surface area contributed by atoms with Gasteiger partial charge in [0.15, 0.2) is 0 Å². The molecule has 0 bridgehead atoms. The number of benzene rings is 2. The highest BCUT2D eigenvalue weighted by Gasteiger charge is 2.44. The van der Waals surface area contributed by atoms with Crippen LogP contribution in [-0.4, -0.2) is 65.6 Å². The van der Waals surface area contributed by atoms with Crippen molar-refractivity contribution < 1.29 is 19.2 Å². The summed E-state index contributed by atoms with van der Waals surface area (Å²) in [5.74, 6) is -0.173. The van der Waals surface area contributed by atoms with E-state index in [9.17, 15) is 19.2 Å². The number of carbonyl (C=O) groups is 4. The maximum atomic E-state index is 13.1. The van der Waals surface area contributed by atoms with Crippen molar-refractivity contribution in [3.05, 3.63) is 59.2 Å². The fourth-order valence-corrected chi connectivity index (χ4v) is 6.61. The number of piperidine rings is 3. The Bertz CT molecular complexity index is 1260. The third kappa shape index (κ3) is 4.78. The highest BCUT2D eigenvalue weighted by Crippen LogP contribution is 2.33. The molecule has 0 saturated carbocycles. The lowest BCUT2D eigenvalue weighted by molar-refractivity contribution is -0.136. The molecule has 4 heterocycles. The zero-order valence-electron chi connectivity index (χ0n) is 21.6. The van der Waals surface area contributed by atoms with Crippen molar-refractivity contribution in [3.8, 4) is 11.1 Å². The molecular formula is C30H34N4O4. The van der Waals surface area contributed by atoms with E-state index in [0.29, 0.717) is 11.1 Å². The van der Waals surface area contributed by atoms with Crippen LogP contribution < -0.4 is 10.6 Å². The Morgan fingerprint density at radius 2 is 1.39 bits per heavy atom. The molecule has 4 amide bonds. The largest absolute Gasteiger partial charge is 0.317 e. The van der Waals surface area contributed by atoms with Crippen LogP contribution in [0.5, 0.6) is 0 Å². The van der Waals surface area contributed by atoms with Gasteiger partial charge in [-0.25, -0.2) is 0 Å². The molecule has 0 radical (unpaired) electrons. The minimum Gasteiger partial charge on any atom is -0.317 e. The number of rotatable bonds is 5. The third-order valence-electron chi connectivity index (χ3n) is 8.82. The van der Waals surface area contributed by atoms with Gasteiger partial charge in [0.1, 0.15) is 6.04 Å². The molecule has 2 aromatic carbocycles.